The van der Waals surface area contributed by atoms with E-state index < -0.39 is 0 Å². The molecule has 1 aromatic rings. The zero-order valence-electron chi connectivity index (χ0n) is 10.9. The molecule has 96 valence electrons. The van der Waals surface area contributed by atoms with Crippen LogP contribution < -0.4 is 5.32 Å². The van der Waals surface area contributed by atoms with Crippen LogP contribution in [0.15, 0.2) is 6.33 Å². The van der Waals surface area contributed by atoms with E-state index in [9.17, 15) is 0 Å². The molecular formula is C12H22N4O. The summed E-state index contributed by atoms with van der Waals surface area (Å²) < 4.78 is 7.78. The summed E-state index contributed by atoms with van der Waals surface area (Å²) in [6.45, 7) is 6.01. The average Bonchev–Trinajstić information content (AvgIpc) is 2.73. The van der Waals surface area contributed by atoms with Gasteiger partial charge in [-0.05, 0) is 26.2 Å². The normalized spacial score (nSPS) is 29.5. The van der Waals surface area contributed by atoms with Crippen LogP contribution in [0.5, 0.6) is 0 Å². The van der Waals surface area contributed by atoms with Gasteiger partial charge < -0.3 is 14.6 Å². The highest BCUT2D eigenvalue weighted by molar-refractivity contribution is 4.89. The lowest BCUT2D eigenvalue weighted by atomic mass is 9.90. The van der Waals surface area contributed by atoms with Crippen molar-refractivity contribution in [3.8, 4) is 0 Å². The number of hydrogen-bond donors (Lipinski definition) is 1. The number of nitrogens with one attached hydrogen (secondary N) is 1. The van der Waals surface area contributed by atoms with Crippen LogP contribution in [-0.4, -0.2) is 33.0 Å². The van der Waals surface area contributed by atoms with Crippen LogP contribution in [0.1, 0.15) is 38.9 Å². The van der Waals surface area contributed by atoms with E-state index in [4.69, 9.17) is 4.74 Å². The number of aromatic nitrogens is 3. The molecule has 5 heteroatoms. The Kier molecular flexibility index (Phi) is 3.79. The lowest BCUT2D eigenvalue weighted by Crippen LogP contribution is -2.45. The van der Waals surface area contributed by atoms with Crippen LogP contribution in [-0.2, 0) is 18.3 Å². The fourth-order valence-corrected chi connectivity index (χ4v) is 2.25. The molecular weight excluding hydrogens is 216 g/mol. The van der Waals surface area contributed by atoms with Gasteiger partial charge in [0.2, 0.25) is 0 Å². The molecule has 1 aromatic heterocycles. The first-order chi connectivity index (χ1) is 8.13. The second-order valence-corrected chi connectivity index (χ2v) is 5.08. The third-order valence-corrected chi connectivity index (χ3v) is 3.70. The Morgan fingerprint density at radius 2 is 2.47 bits per heavy atom. The summed E-state index contributed by atoms with van der Waals surface area (Å²) in [6.07, 6.45) is 4.95. The molecule has 2 rings (SSSR count). The average molecular weight is 238 g/mol. The van der Waals surface area contributed by atoms with Gasteiger partial charge in [0.1, 0.15) is 12.2 Å². The number of rotatable bonds is 4. The Morgan fingerprint density at radius 1 is 1.65 bits per heavy atom. The minimum absolute atomic E-state index is 0.0375. The van der Waals surface area contributed by atoms with E-state index in [-0.39, 0.29) is 5.60 Å². The van der Waals surface area contributed by atoms with Gasteiger partial charge in [-0.15, -0.1) is 10.2 Å². The SMILES string of the molecule is CCC1(C)CC(NCc2nncn2C)CCO1. The maximum Gasteiger partial charge on any atom is 0.146 e. The van der Waals surface area contributed by atoms with Crippen molar-refractivity contribution < 1.29 is 4.74 Å². The maximum atomic E-state index is 5.83. The highest BCUT2D eigenvalue weighted by atomic mass is 16.5. The van der Waals surface area contributed by atoms with Crippen molar-refractivity contribution in [1.82, 2.24) is 20.1 Å². The molecule has 2 unspecified atom stereocenters. The van der Waals surface area contributed by atoms with Gasteiger partial charge in [-0.2, -0.15) is 0 Å². The van der Waals surface area contributed by atoms with Gasteiger partial charge >= 0.3 is 0 Å². The van der Waals surface area contributed by atoms with Crippen molar-refractivity contribution in [3.63, 3.8) is 0 Å². The molecule has 2 heterocycles. The highest BCUT2D eigenvalue weighted by Gasteiger charge is 2.31. The summed E-state index contributed by atoms with van der Waals surface area (Å²) in [6, 6.07) is 0.519. The minimum Gasteiger partial charge on any atom is -0.375 e. The predicted molar refractivity (Wildman–Crippen MR) is 65.5 cm³/mol. The van der Waals surface area contributed by atoms with Crippen LogP contribution in [0.3, 0.4) is 0 Å². The van der Waals surface area contributed by atoms with Gasteiger partial charge in [0.05, 0.1) is 12.1 Å². The first kappa shape index (κ1) is 12.5. The van der Waals surface area contributed by atoms with Crippen LogP contribution in [0.2, 0.25) is 0 Å². The lowest BCUT2D eigenvalue weighted by Gasteiger charge is -2.38. The van der Waals surface area contributed by atoms with Gasteiger partial charge in [-0.1, -0.05) is 6.92 Å². The van der Waals surface area contributed by atoms with E-state index in [1.165, 1.54) is 0 Å². The van der Waals surface area contributed by atoms with E-state index in [1.807, 2.05) is 11.6 Å². The summed E-state index contributed by atoms with van der Waals surface area (Å²) in [5.41, 5.74) is 0.0375. The molecule has 1 aliphatic heterocycles. The molecule has 0 bridgehead atoms. The number of nitrogens with zero attached hydrogens (tertiary/aromatic N) is 3. The van der Waals surface area contributed by atoms with Crippen LogP contribution in [0, 0.1) is 0 Å². The first-order valence-corrected chi connectivity index (χ1v) is 6.33. The Balaban J connectivity index is 1.85. The van der Waals surface area contributed by atoms with Gasteiger partial charge in [0.15, 0.2) is 0 Å². The third kappa shape index (κ3) is 3.04. The summed E-state index contributed by atoms with van der Waals surface area (Å²) in [5, 5.41) is 11.5. The standard InChI is InChI=1S/C12H22N4O/c1-4-12(2)7-10(5-6-17-12)13-8-11-15-14-9-16(11)3/h9-10,13H,4-8H2,1-3H3. The van der Waals surface area contributed by atoms with Crippen LogP contribution in [0.25, 0.3) is 0 Å². The molecule has 1 fully saturated rings. The van der Waals surface area contributed by atoms with Crippen molar-refractivity contribution in [1.29, 1.82) is 0 Å². The largest absolute Gasteiger partial charge is 0.375 e. The molecule has 0 aromatic carbocycles. The maximum absolute atomic E-state index is 5.83. The first-order valence-electron chi connectivity index (χ1n) is 6.33. The quantitative estimate of drug-likeness (QED) is 0.858. The van der Waals surface area contributed by atoms with E-state index in [1.54, 1.807) is 6.33 Å². The van der Waals surface area contributed by atoms with Crippen molar-refractivity contribution in [3.05, 3.63) is 12.2 Å². The zero-order chi connectivity index (χ0) is 12.3. The summed E-state index contributed by atoms with van der Waals surface area (Å²) in [4.78, 5) is 0. The minimum atomic E-state index is 0.0375. The molecule has 0 spiro atoms. The summed E-state index contributed by atoms with van der Waals surface area (Å²) >= 11 is 0. The second kappa shape index (κ2) is 5.14. The Morgan fingerprint density at radius 3 is 3.12 bits per heavy atom. The Labute approximate surface area is 103 Å². The van der Waals surface area contributed by atoms with Gasteiger partial charge in [-0.25, -0.2) is 0 Å². The molecule has 0 amide bonds. The predicted octanol–water partition coefficient (Wildman–Crippen LogP) is 1.25. The molecule has 0 aliphatic carbocycles. The lowest BCUT2D eigenvalue weighted by molar-refractivity contribution is -0.0782. The molecule has 0 saturated carbocycles. The van der Waals surface area contributed by atoms with Crippen molar-refractivity contribution in [2.75, 3.05) is 6.61 Å². The number of hydrogen-bond acceptors (Lipinski definition) is 4. The third-order valence-electron chi connectivity index (χ3n) is 3.70. The summed E-state index contributed by atoms with van der Waals surface area (Å²) in [7, 11) is 1.97. The van der Waals surface area contributed by atoms with E-state index >= 15 is 0 Å². The van der Waals surface area contributed by atoms with Crippen molar-refractivity contribution >= 4 is 0 Å². The van der Waals surface area contributed by atoms with E-state index in [0.717, 1.165) is 38.2 Å². The monoisotopic (exact) mass is 238 g/mol. The van der Waals surface area contributed by atoms with Crippen LogP contribution >= 0.6 is 0 Å². The molecule has 1 aliphatic rings. The number of ether oxygens (including phenoxy) is 1. The highest BCUT2D eigenvalue weighted by Crippen LogP contribution is 2.27. The van der Waals surface area contributed by atoms with Crippen molar-refractivity contribution in [2.24, 2.45) is 7.05 Å². The molecule has 1 saturated heterocycles. The molecule has 5 nitrogen and oxygen atoms in total. The smallest absolute Gasteiger partial charge is 0.146 e. The Hall–Kier alpha value is -0.940. The Bertz CT molecular complexity index is 365. The van der Waals surface area contributed by atoms with Crippen LogP contribution in [0.4, 0.5) is 0 Å². The molecule has 17 heavy (non-hydrogen) atoms. The van der Waals surface area contributed by atoms with Gasteiger partial charge in [-0.3, -0.25) is 0 Å². The summed E-state index contributed by atoms with van der Waals surface area (Å²) in [5.74, 6) is 0.981. The fraction of sp³-hybridized carbons (Fsp3) is 0.833. The van der Waals surface area contributed by atoms with Gasteiger partial charge in [0.25, 0.3) is 0 Å². The molecule has 1 N–H and O–H groups in total. The van der Waals surface area contributed by atoms with Crippen molar-refractivity contribution in [2.45, 2.75) is 51.3 Å². The molecule has 2 atom stereocenters. The molecule has 0 radical (unpaired) electrons. The zero-order valence-corrected chi connectivity index (χ0v) is 10.9. The fourth-order valence-electron chi connectivity index (χ4n) is 2.25. The topological polar surface area (TPSA) is 52.0 Å². The second-order valence-electron chi connectivity index (χ2n) is 5.08. The van der Waals surface area contributed by atoms with E-state index in [0.29, 0.717) is 6.04 Å². The van der Waals surface area contributed by atoms with E-state index in [2.05, 4.69) is 29.4 Å². The number of aryl methyl sites for hydroxylation is 1. The van der Waals surface area contributed by atoms with Gasteiger partial charge in [0, 0.05) is 19.7 Å².